The van der Waals surface area contributed by atoms with Gasteiger partial charge >= 0.3 is 0 Å². The highest BCUT2D eigenvalue weighted by Gasteiger charge is 2.30. The van der Waals surface area contributed by atoms with Crippen LogP contribution in [-0.4, -0.2) is 20.8 Å². The third-order valence-corrected chi connectivity index (χ3v) is 4.10. The van der Waals surface area contributed by atoms with Crippen molar-refractivity contribution in [2.45, 2.75) is 45.7 Å². The molecule has 1 fully saturated rings. The minimum Gasteiger partial charge on any atom is -0.382 e. The van der Waals surface area contributed by atoms with Crippen molar-refractivity contribution in [3.05, 3.63) is 42.5 Å². The minimum atomic E-state index is 0.491. The molecule has 0 bridgehead atoms. The van der Waals surface area contributed by atoms with Crippen LogP contribution in [0.25, 0.3) is 0 Å². The molecule has 20 heavy (non-hydrogen) atoms. The maximum atomic E-state index is 4.12. The molecule has 1 atom stereocenters. The van der Waals surface area contributed by atoms with Crippen molar-refractivity contribution >= 4 is 5.69 Å². The zero-order valence-electron chi connectivity index (χ0n) is 12.2. The lowest BCUT2D eigenvalue weighted by atomic mass is 9.92. The van der Waals surface area contributed by atoms with E-state index in [2.05, 4.69) is 53.5 Å². The van der Waals surface area contributed by atoms with Gasteiger partial charge in [0.2, 0.25) is 0 Å². The topological polar surface area (TPSA) is 42.7 Å². The number of benzene rings is 1. The van der Waals surface area contributed by atoms with Gasteiger partial charge in [-0.25, -0.2) is 9.67 Å². The summed E-state index contributed by atoms with van der Waals surface area (Å²) in [5, 5.41) is 7.77. The molecule has 2 aromatic rings. The maximum Gasteiger partial charge on any atom is 0.137 e. The van der Waals surface area contributed by atoms with Crippen LogP contribution in [0.2, 0.25) is 0 Å². The Balaban J connectivity index is 1.59. The highest BCUT2D eigenvalue weighted by molar-refractivity contribution is 5.45. The van der Waals surface area contributed by atoms with E-state index in [1.165, 1.54) is 30.5 Å². The SMILES string of the molecule is CC1(C)CCC(Nc2ccc(Cn3cncn3)cc2)C1. The Labute approximate surface area is 120 Å². The number of anilines is 1. The van der Waals surface area contributed by atoms with Crippen LogP contribution < -0.4 is 5.32 Å². The van der Waals surface area contributed by atoms with Gasteiger partial charge in [0, 0.05) is 11.7 Å². The van der Waals surface area contributed by atoms with Gasteiger partial charge in [-0.2, -0.15) is 5.10 Å². The standard InChI is InChI=1S/C16H22N4/c1-16(2)8-7-15(9-16)19-14-5-3-13(4-6-14)10-20-12-17-11-18-20/h3-6,11-12,15,19H,7-10H2,1-2H3. The molecule has 1 aliphatic rings. The van der Waals surface area contributed by atoms with E-state index < -0.39 is 0 Å². The van der Waals surface area contributed by atoms with E-state index in [1.807, 2.05) is 4.68 Å². The highest BCUT2D eigenvalue weighted by atomic mass is 15.3. The number of aromatic nitrogens is 3. The number of rotatable bonds is 4. The first-order chi connectivity index (χ1) is 9.61. The molecule has 1 aromatic heterocycles. The molecule has 4 nitrogen and oxygen atoms in total. The van der Waals surface area contributed by atoms with E-state index in [4.69, 9.17) is 0 Å². The van der Waals surface area contributed by atoms with Crippen LogP contribution in [0.1, 0.15) is 38.7 Å². The van der Waals surface area contributed by atoms with E-state index in [1.54, 1.807) is 12.7 Å². The molecule has 3 rings (SSSR count). The van der Waals surface area contributed by atoms with E-state index in [-0.39, 0.29) is 0 Å². The normalized spacial score (nSPS) is 21.0. The summed E-state index contributed by atoms with van der Waals surface area (Å²) >= 11 is 0. The van der Waals surface area contributed by atoms with Gasteiger partial charge in [-0.15, -0.1) is 0 Å². The lowest BCUT2D eigenvalue weighted by Crippen LogP contribution is -2.17. The molecule has 4 heteroatoms. The third-order valence-electron chi connectivity index (χ3n) is 4.10. The molecule has 1 saturated carbocycles. The summed E-state index contributed by atoms with van der Waals surface area (Å²) < 4.78 is 1.84. The van der Waals surface area contributed by atoms with E-state index >= 15 is 0 Å². The summed E-state index contributed by atoms with van der Waals surface area (Å²) in [4.78, 5) is 3.96. The molecular weight excluding hydrogens is 248 g/mol. The van der Waals surface area contributed by atoms with Crippen LogP contribution in [0.5, 0.6) is 0 Å². The zero-order valence-corrected chi connectivity index (χ0v) is 12.2. The molecule has 1 aromatic carbocycles. The lowest BCUT2D eigenvalue weighted by Gasteiger charge is -2.18. The Bertz CT molecular complexity index is 542. The van der Waals surface area contributed by atoms with Crippen molar-refractivity contribution in [3.63, 3.8) is 0 Å². The van der Waals surface area contributed by atoms with Crippen molar-refractivity contribution in [2.75, 3.05) is 5.32 Å². The smallest absolute Gasteiger partial charge is 0.137 e. The second kappa shape index (κ2) is 5.27. The van der Waals surface area contributed by atoms with Crippen molar-refractivity contribution in [1.82, 2.24) is 14.8 Å². The summed E-state index contributed by atoms with van der Waals surface area (Å²) in [6, 6.07) is 9.26. The molecule has 0 aliphatic heterocycles. The molecular formula is C16H22N4. The molecule has 106 valence electrons. The number of hydrogen-bond acceptors (Lipinski definition) is 3. The first kappa shape index (κ1) is 13.2. The molecule has 0 amide bonds. The molecule has 1 heterocycles. The van der Waals surface area contributed by atoms with Gasteiger partial charge in [-0.3, -0.25) is 0 Å². The van der Waals surface area contributed by atoms with Crippen LogP contribution in [0.15, 0.2) is 36.9 Å². The fourth-order valence-corrected chi connectivity index (χ4v) is 3.00. The van der Waals surface area contributed by atoms with Gasteiger partial charge in [0.05, 0.1) is 6.54 Å². The minimum absolute atomic E-state index is 0.491. The first-order valence-electron chi connectivity index (χ1n) is 7.29. The van der Waals surface area contributed by atoms with Gasteiger partial charge in [-0.05, 0) is 42.4 Å². The Morgan fingerprint density at radius 3 is 2.70 bits per heavy atom. The third kappa shape index (κ3) is 3.18. The quantitative estimate of drug-likeness (QED) is 0.926. The van der Waals surface area contributed by atoms with Crippen molar-refractivity contribution in [2.24, 2.45) is 5.41 Å². The average molecular weight is 270 g/mol. The van der Waals surface area contributed by atoms with Gasteiger partial charge < -0.3 is 5.32 Å². The number of nitrogens with one attached hydrogen (secondary N) is 1. The second-order valence-corrected chi connectivity index (χ2v) is 6.54. The predicted molar refractivity (Wildman–Crippen MR) is 80.6 cm³/mol. The average Bonchev–Trinajstić information content (AvgIpc) is 3.02. The molecule has 1 unspecified atom stereocenters. The Hall–Kier alpha value is -1.84. The van der Waals surface area contributed by atoms with Crippen LogP contribution in [0.3, 0.4) is 0 Å². The number of hydrogen-bond donors (Lipinski definition) is 1. The van der Waals surface area contributed by atoms with Gasteiger partial charge in [-0.1, -0.05) is 26.0 Å². The Morgan fingerprint density at radius 1 is 1.30 bits per heavy atom. The monoisotopic (exact) mass is 270 g/mol. The zero-order chi connectivity index (χ0) is 14.0. The number of nitrogens with zero attached hydrogens (tertiary/aromatic N) is 3. The largest absolute Gasteiger partial charge is 0.382 e. The maximum absolute atomic E-state index is 4.12. The fourth-order valence-electron chi connectivity index (χ4n) is 3.00. The van der Waals surface area contributed by atoms with Crippen molar-refractivity contribution in [1.29, 1.82) is 0 Å². The fraction of sp³-hybridized carbons (Fsp3) is 0.500. The predicted octanol–water partition coefficient (Wildman–Crippen LogP) is 3.32. The van der Waals surface area contributed by atoms with Crippen LogP contribution in [0, 0.1) is 5.41 Å². The molecule has 0 spiro atoms. The summed E-state index contributed by atoms with van der Waals surface area (Å²) in [5.74, 6) is 0. The van der Waals surface area contributed by atoms with Crippen LogP contribution >= 0.6 is 0 Å². The van der Waals surface area contributed by atoms with Gasteiger partial charge in [0.1, 0.15) is 12.7 Å². The molecule has 0 radical (unpaired) electrons. The van der Waals surface area contributed by atoms with Gasteiger partial charge in [0.25, 0.3) is 0 Å². The lowest BCUT2D eigenvalue weighted by molar-refractivity contribution is 0.378. The van der Waals surface area contributed by atoms with E-state index in [9.17, 15) is 0 Å². The molecule has 1 N–H and O–H groups in total. The molecule has 0 saturated heterocycles. The van der Waals surface area contributed by atoms with Crippen LogP contribution in [0.4, 0.5) is 5.69 Å². The first-order valence-corrected chi connectivity index (χ1v) is 7.29. The highest BCUT2D eigenvalue weighted by Crippen LogP contribution is 2.38. The Morgan fingerprint density at radius 2 is 2.10 bits per heavy atom. The van der Waals surface area contributed by atoms with Gasteiger partial charge in [0.15, 0.2) is 0 Å². The second-order valence-electron chi connectivity index (χ2n) is 6.54. The summed E-state index contributed by atoms with van der Waals surface area (Å²) in [7, 11) is 0. The van der Waals surface area contributed by atoms with E-state index in [0.29, 0.717) is 11.5 Å². The van der Waals surface area contributed by atoms with Crippen LogP contribution in [-0.2, 0) is 6.54 Å². The molecule has 1 aliphatic carbocycles. The van der Waals surface area contributed by atoms with Crippen molar-refractivity contribution in [3.8, 4) is 0 Å². The van der Waals surface area contributed by atoms with Crippen molar-refractivity contribution < 1.29 is 0 Å². The summed E-state index contributed by atoms with van der Waals surface area (Å²) in [5.41, 5.74) is 2.95. The Kier molecular flexibility index (Phi) is 3.47. The summed E-state index contributed by atoms with van der Waals surface area (Å²) in [6.45, 7) is 5.49. The van der Waals surface area contributed by atoms with E-state index in [0.717, 1.165) is 6.54 Å². The summed E-state index contributed by atoms with van der Waals surface area (Å²) in [6.07, 6.45) is 7.15.